The Morgan fingerprint density at radius 2 is 1.32 bits per heavy atom. The van der Waals surface area contributed by atoms with E-state index >= 15 is 0 Å². The monoisotopic (exact) mass is 444 g/mol. The van der Waals surface area contributed by atoms with E-state index in [1.54, 1.807) is 0 Å². The van der Waals surface area contributed by atoms with Gasteiger partial charge < -0.3 is 0 Å². The second kappa shape index (κ2) is 14.1. The Kier molecular flexibility index (Phi) is 10.7. The maximum Gasteiger partial charge on any atom is 0.0160 e. The van der Waals surface area contributed by atoms with E-state index in [1.807, 2.05) is 11.8 Å². The van der Waals surface area contributed by atoms with Crippen LogP contribution in [-0.2, 0) is 0 Å². The van der Waals surface area contributed by atoms with Crippen LogP contribution in [0.4, 0.5) is 0 Å². The van der Waals surface area contributed by atoms with Crippen LogP contribution in [0.15, 0.2) is 108 Å². The lowest BCUT2D eigenvalue weighted by atomic mass is 10.1. The average molecular weight is 445 g/mol. The first kappa shape index (κ1) is 23.6. The lowest BCUT2D eigenvalue weighted by Gasteiger charge is -2.17. The first-order valence-electron chi connectivity index (χ1n) is 11.3. The molecule has 0 saturated carbocycles. The van der Waals surface area contributed by atoms with Crippen LogP contribution < -0.4 is 10.6 Å². The van der Waals surface area contributed by atoms with Crippen molar-refractivity contribution in [3.8, 4) is 0 Å². The van der Waals surface area contributed by atoms with Crippen LogP contribution in [0.5, 0.6) is 0 Å². The first-order chi connectivity index (χ1) is 15.4. The number of rotatable bonds is 12. The molecule has 0 unspecified atom stereocenters. The van der Waals surface area contributed by atoms with Gasteiger partial charge in [0.05, 0.1) is 0 Å². The summed E-state index contributed by atoms with van der Waals surface area (Å²) in [6.07, 6.45) is 10.9. The van der Waals surface area contributed by atoms with Crippen LogP contribution in [0.25, 0.3) is 6.08 Å². The number of allylic oxidation sites excluding steroid dienone is 1. The Morgan fingerprint density at radius 3 is 1.90 bits per heavy atom. The van der Waals surface area contributed by atoms with E-state index in [2.05, 4.69) is 116 Å². The molecule has 3 rings (SSSR count). The van der Waals surface area contributed by atoms with E-state index in [-0.39, 0.29) is 0 Å². The molecule has 0 heterocycles. The van der Waals surface area contributed by atoms with Crippen LogP contribution in [0.2, 0.25) is 0 Å². The van der Waals surface area contributed by atoms with Crippen LogP contribution in [-0.4, -0.2) is 5.75 Å². The molecule has 0 aromatic heterocycles. The standard InChI is InChI=1S/C29H33PS/c1-2-3-4-14-23-29(31-24-15-18-26-16-8-5-9-17-26)25-30(27-19-10-6-11-20-27)28-21-12-7-13-22-28/h5-13,15-22,25H,2-4,14,23-24H2,1H3/b18-15+,29-25-. The van der Waals surface area contributed by atoms with Gasteiger partial charge in [-0.15, -0.1) is 11.8 Å². The summed E-state index contributed by atoms with van der Waals surface area (Å²) < 4.78 is 0. The Labute approximate surface area is 194 Å². The summed E-state index contributed by atoms with van der Waals surface area (Å²) in [5.74, 6) is 3.59. The topological polar surface area (TPSA) is 0 Å². The molecule has 0 spiro atoms. The second-order valence-corrected chi connectivity index (χ2v) is 10.7. The lowest BCUT2D eigenvalue weighted by Crippen LogP contribution is -2.09. The van der Waals surface area contributed by atoms with Crippen LogP contribution in [0.3, 0.4) is 0 Å². The highest BCUT2D eigenvalue weighted by Crippen LogP contribution is 2.40. The van der Waals surface area contributed by atoms with E-state index in [0.717, 1.165) is 5.75 Å². The van der Waals surface area contributed by atoms with Gasteiger partial charge in [0.25, 0.3) is 0 Å². The van der Waals surface area contributed by atoms with Gasteiger partial charge in [-0.05, 0) is 47.7 Å². The Bertz CT molecular complexity index is 877. The van der Waals surface area contributed by atoms with Crippen LogP contribution >= 0.6 is 19.7 Å². The number of thioether (sulfide) groups is 1. The summed E-state index contributed by atoms with van der Waals surface area (Å²) in [6, 6.07) is 32.6. The van der Waals surface area contributed by atoms with Crippen molar-refractivity contribution in [3.05, 3.63) is 113 Å². The van der Waals surface area contributed by atoms with E-state index in [9.17, 15) is 0 Å². The Morgan fingerprint density at radius 1 is 0.742 bits per heavy atom. The molecule has 0 aliphatic heterocycles. The number of hydrogen-bond acceptors (Lipinski definition) is 1. The minimum atomic E-state index is -0.486. The van der Waals surface area contributed by atoms with Gasteiger partial charge in [-0.3, -0.25) is 0 Å². The lowest BCUT2D eigenvalue weighted by molar-refractivity contribution is 0.672. The molecule has 2 heteroatoms. The van der Waals surface area contributed by atoms with Crippen LogP contribution in [0, 0.1) is 0 Å². The zero-order valence-electron chi connectivity index (χ0n) is 18.5. The molecule has 0 fully saturated rings. The highest BCUT2D eigenvalue weighted by molar-refractivity contribution is 8.03. The summed E-state index contributed by atoms with van der Waals surface area (Å²) in [4.78, 5) is 1.53. The summed E-state index contributed by atoms with van der Waals surface area (Å²) in [5.41, 5.74) is 1.27. The van der Waals surface area contributed by atoms with Gasteiger partial charge >= 0.3 is 0 Å². The highest BCUT2D eigenvalue weighted by atomic mass is 32.2. The molecule has 3 aromatic rings. The van der Waals surface area contributed by atoms with Crippen molar-refractivity contribution in [2.75, 3.05) is 5.75 Å². The van der Waals surface area contributed by atoms with Crippen molar-refractivity contribution in [2.24, 2.45) is 0 Å². The van der Waals surface area contributed by atoms with Crippen LogP contribution in [0.1, 0.15) is 44.6 Å². The quantitative estimate of drug-likeness (QED) is 0.200. The molecule has 0 atom stereocenters. The van der Waals surface area contributed by atoms with Gasteiger partial charge in [-0.25, -0.2) is 0 Å². The van der Waals surface area contributed by atoms with Gasteiger partial charge in [0.2, 0.25) is 0 Å². The average Bonchev–Trinajstić information content (AvgIpc) is 2.84. The number of benzene rings is 3. The summed E-state index contributed by atoms with van der Waals surface area (Å²) in [7, 11) is -0.486. The predicted octanol–water partition coefficient (Wildman–Crippen LogP) is 8.38. The molecule has 0 nitrogen and oxygen atoms in total. The zero-order chi connectivity index (χ0) is 21.6. The Balaban J connectivity index is 1.77. The zero-order valence-corrected chi connectivity index (χ0v) is 20.2. The fourth-order valence-corrected chi connectivity index (χ4v) is 6.73. The summed E-state index contributed by atoms with van der Waals surface area (Å²) in [5, 5.41) is 2.85. The maximum atomic E-state index is 2.58. The fraction of sp³-hybridized carbons (Fsp3) is 0.241. The molecular formula is C29H33PS. The third kappa shape index (κ3) is 8.52. The molecule has 31 heavy (non-hydrogen) atoms. The molecule has 0 N–H and O–H groups in total. The Hall–Kier alpha value is -2.08. The molecule has 0 amide bonds. The minimum Gasteiger partial charge on any atom is -0.126 e. The van der Waals surface area contributed by atoms with Crippen molar-refractivity contribution in [2.45, 2.75) is 39.0 Å². The molecule has 0 saturated heterocycles. The van der Waals surface area contributed by atoms with Crippen molar-refractivity contribution in [1.29, 1.82) is 0 Å². The third-order valence-electron chi connectivity index (χ3n) is 5.09. The molecule has 160 valence electrons. The van der Waals surface area contributed by atoms with Gasteiger partial charge in [0, 0.05) is 5.75 Å². The molecule has 0 aliphatic carbocycles. The largest absolute Gasteiger partial charge is 0.126 e. The van der Waals surface area contributed by atoms with Gasteiger partial charge in [-0.2, -0.15) is 0 Å². The van der Waals surface area contributed by atoms with E-state index in [1.165, 1.54) is 53.2 Å². The van der Waals surface area contributed by atoms with Crippen molar-refractivity contribution in [3.63, 3.8) is 0 Å². The molecular weight excluding hydrogens is 411 g/mol. The van der Waals surface area contributed by atoms with Crippen molar-refractivity contribution >= 4 is 36.4 Å². The predicted molar refractivity (Wildman–Crippen MR) is 144 cm³/mol. The minimum absolute atomic E-state index is 0.486. The number of hydrogen-bond donors (Lipinski definition) is 0. The molecule has 3 aromatic carbocycles. The van der Waals surface area contributed by atoms with Crippen molar-refractivity contribution in [1.82, 2.24) is 0 Å². The van der Waals surface area contributed by atoms with Gasteiger partial charge in [-0.1, -0.05) is 129 Å². The molecule has 0 aliphatic rings. The summed E-state index contributed by atoms with van der Waals surface area (Å²) >= 11 is 2.01. The number of unbranched alkanes of at least 4 members (excludes halogenated alkanes) is 3. The third-order valence-corrected chi connectivity index (χ3v) is 8.60. The molecule has 0 bridgehead atoms. The summed E-state index contributed by atoms with van der Waals surface area (Å²) in [6.45, 7) is 2.28. The first-order valence-corrected chi connectivity index (χ1v) is 13.7. The van der Waals surface area contributed by atoms with Crippen molar-refractivity contribution < 1.29 is 0 Å². The molecule has 0 radical (unpaired) electrons. The van der Waals surface area contributed by atoms with E-state index in [0.29, 0.717) is 0 Å². The fourth-order valence-electron chi connectivity index (χ4n) is 3.42. The second-order valence-electron chi connectivity index (χ2n) is 7.57. The maximum absolute atomic E-state index is 2.58. The normalized spacial score (nSPS) is 12.0. The highest BCUT2D eigenvalue weighted by Gasteiger charge is 2.12. The van der Waals surface area contributed by atoms with E-state index < -0.39 is 7.92 Å². The smallest absolute Gasteiger partial charge is 0.0160 e. The SMILES string of the molecule is CCCCCC/C(=C/P(c1ccccc1)c1ccccc1)SC/C=C/c1ccccc1. The van der Waals surface area contributed by atoms with Gasteiger partial charge in [0.15, 0.2) is 0 Å². The van der Waals surface area contributed by atoms with Gasteiger partial charge in [0.1, 0.15) is 0 Å². The van der Waals surface area contributed by atoms with E-state index in [4.69, 9.17) is 0 Å².